The molecule has 104 valence electrons. The average Bonchev–Trinajstić information content (AvgIpc) is 2.33. The SMILES string of the molecule is O=S(=O)(Nc1cc(C#CCCO)ccc1Cl)C(F)F. The molecule has 1 aromatic rings. The van der Waals surface area contributed by atoms with Crippen LogP contribution in [-0.4, -0.2) is 25.9 Å². The lowest BCUT2D eigenvalue weighted by molar-refractivity contribution is 0.236. The van der Waals surface area contributed by atoms with Crippen LogP contribution < -0.4 is 4.72 Å². The van der Waals surface area contributed by atoms with E-state index in [4.69, 9.17) is 16.7 Å². The number of nitrogens with one attached hydrogen (secondary N) is 1. The fourth-order valence-electron chi connectivity index (χ4n) is 1.10. The summed E-state index contributed by atoms with van der Waals surface area (Å²) in [5, 5.41) is 8.54. The molecule has 2 N–H and O–H groups in total. The summed E-state index contributed by atoms with van der Waals surface area (Å²) < 4.78 is 48.2. The molecule has 1 rings (SSSR count). The minimum atomic E-state index is -4.77. The third-order valence-corrected chi connectivity index (χ3v) is 3.23. The molecular weight excluding hydrogens is 300 g/mol. The van der Waals surface area contributed by atoms with Crippen LogP contribution in [0.25, 0.3) is 0 Å². The maximum absolute atomic E-state index is 12.2. The van der Waals surface area contributed by atoms with Crippen LogP contribution >= 0.6 is 11.6 Å². The Morgan fingerprint density at radius 3 is 2.68 bits per heavy atom. The summed E-state index contributed by atoms with van der Waals surface area (Å²) in [6, 6.07) is 4.09. The normalized spacial score (nSPS) is 11.0. The van der Waals surface area contributed by atoms with E-state index in [1.807, 2.05) is 0 Å². The second-order valence-electron chi connectivity index (χ2n) is 3.38. The first-order chi connectivity index (χ1) is 8.86. The topological polar surface area (TPSA) is 66.4 Å². The van der Waals surface area contributed by atoms with E-state index in [1.165, 1.54) is 18.2 Å². The van der Waals surface area contributed by atoms with Crippen molar-refractivity contribution in [1.82, 2.24) is 0 Å². The summed E-state index contributed by atoms with van der Waals surface area (Å²) in [7, 11) is -4.77. The number of sulfonamides is 1. The van der Waals surface area contributed by atoms with Gasteiger partial charge in [0.2, 0.25) is 0 Å². The molecule has 0 atom stereocenters. The van der Waals surface area contributed by atoms with Crippen molar-refractivity contribution in [2.75, 3.05) is 11.3 Å². The predicted molar refractivity (Wildman–Crippen MR) is 68.6 cm³/mol. The lowest BCUT2D eigenvalue weighted by Crippen LogP contribution is -2.20. The van der Waals surface area contributed by atoms with Gasteiger partial charge in [0.15, 0.2) is 0 Å². The Labute approximate surface area is 114 Å². The maximum Gasteiger partial charge on any atom is 0.355 e. The Hall–Kier alpha value is -1.36. The molecule has 0 spiro atoms. The van der Waals surface area contributed by atoms with E-state index in [0.29, 0.717) is 5.56 Å². The second-order valence-corrected chi connectivity index (χ2v) is 5.44. The lowest BCUT2D eigenvalue weighted by Gasteiger charge is -2.08. The zero-order valence-electron chi connectivity index (χ0n) is 9.53. The summed E-state index contributed by atoms with van der Waals surface area (Å²) in [5.41, 5.74) is 0.225. The van der Waals surface area contributed by atoms with Crippen LogP contribution in [0.5, 0.6) is 0 Å². The summed E-state index contributed by atoms with van der Waals surface area (Å²) >= 11 is 5.71. The van der Waals surface area contributed by atoms with E-state index >= 15 is 0 Å². The molecule has 0 bridgehead atoms. The molecule has 0 aliphatic carbocycles. The molecule has 0 saturated heterocycles. The number of aliphatic hydroxyl groups is 1. The van der Waals surface area contributed by atoms with E-state index < -0.39 is 15.8 Å². The van der Waals surface area contributed by atoms with Crippen molar-refractivity contribution in [2.24, 2.45) is 0 Å². The molecule has 0 aromatic heterocycles. The van der Waals surface area contributed by atoms with Crippen LogP contribution in [0.2, 0.25) is 5.02 Å². The molecular formula is C11H10ClF2NO3S. The molecule has 4 nitrogen and oxygen atoms in total. The van der Waals surface area contributed by atoms with Gasteiger partial charge in [-0.2, -0.15) is 8.78 Å². The minimum Gasteiger partial charge on any atom is -0.395 e. The molecule has 0 radical (unpaired) electrons. The quantitative estimate of drug-likeness (QED) is 0.836. The van der Waals surface area contributed by atoms with Gasteiger partial charge in [0.1, 0.15) is 0 Å². The van der Waals surface area contributed by atoms with Crippen LogP contribution in [0.4, 0.5) is 14.5 Å². The van der Waals surface area contributed by atoms with Crippen molar-refractivity contribution in [2.45, 2.75) is 12.2 Å². The molecule has 0 aliphatic rings. The van der Waals surface area contributed by atoms with E-state index in [-0.39, 0.29) is 23.7 Å². The Morgan fingerprint density at radius 1 is 1.42 bits per heavy atom. The number of hydrogen-bond donors (Lipinski definition) is 2. The fraction of sp³-hybridized carbons (Fsp3) is 0.273. The van der Waals surface area contributed by atoms with E-state index in [1.54, 1.807) is 4.72 Å². The van der Waals surface area contributed by atoms with Gasteiger partial charge >= 0.3 is 5.76 Å². The van der Waals surface area contributed by atoms with Crippen LogP contribution in [0.15, 0.2) is 18.2 Å². The van der Waals surface area contributed by atoms with Gasteiger partial charge in [0.25, 0.3) is 10.0 Å². The number of aliphatic hydroxyl groups excluding tert-OH is 1. The van der Waals surface area contributed by atoms with Crippen molar-refractivity contribution in [3.8, 4) is 11.8 Å². The highest BCUT2D eigenvalue weighted by molar-refractivity contribution is 7.93. The fourth-order valence-corrected chi connectivity index (χ4v) is 1.88. The van der Waals surface area contributed by atoms with Gasteiger partial charge in [0, 0.05) is 12.0 Å². The number of benzene rings is 1. The number of rotatable bonds is 4. The van der Waals surface area contributed by atoms with Crippen molar-refractivity contribution < 1.29 is 22.3 Å². The molecule has 0 fully saturated rings. The van der Waals surface area contributed by atoms with Gasteiger partial charge in [-0.1, -0.05) is 23.4 Å². The molecule has 1 aromatic carbocycles. The highest BCUT2D eigenvalue weighted by Crippen LogP contribution is 2.25. The Bertz CT molecular complexity index is 608. The second kappa shape index (κ2) is 6.70. The third kappa shape index (κ3) is 4.67. The van der Waals surface area contributed by atoms with Crippen molar-refractivity contribution in [1.29, 1.82) is 0 Å². The molecule has 0 unspecified atom stereocenters. The van der Waals surface area contributed by atoms with Crippen LogP contribution in [0.3, 0.4) is 0 Å². The van der Waals surface area contributed by atoms with Gasteiger partial charge in [0.05, 0.1) is 17.3 Å². The minimum absolute atomic E-state index is 0.0167. The first-order valence-electron chi connectivity index (χ1n) is 5.06. The third-order valence-electron chi connectivity index (χ3n) is 1.92. The Kier molecular flexibility index (Phi) is 5.54. The Balaban J connectivity index is 3.03. The highest BCUT2D eigenvalue weighted by atomic mass is 35.5. The summed E-state index contributed by atoms with van der Waals surface area (Å²) in [6.07, 6.45) is 0.251. The Morgan fingerprint density at radius 2 is 2.11 bits per heavy atom. The van der Waals surface area contributed by atoms with Crippen molar-refractivity contribution >= 4 is 27.3 Å². The van der Waals surface area contributed by atoms with Gasteiger partial charge in [-0.3, -0.25) is 4.72 Å². The maximum atomic E-state index is 12.2. The van der Waals surface area contributed by atoms with Gasteiger partial charge in [-0.15, -0.1) is 0 Å². The molecule has 19 heavy (non-hydrogen) atoms. The molecule has 0 amide bonds. The number of halogens is 3. The zero-order valence-corrected chi connectivity index (χ0v) is 11.1. The number of alkyl halides is 2. The standard InChI is InChI=1S/C11H10ClF2NO3S/c12-9-5-4-8(3-1-2-6-16)7-10(9)15-19(17,18)11(13)14/h4-5,7,11,15-16H,2,6H2. The zero-order chi connectivity index (χ0) is 14.5. The van der Waals surface area contributed by atoms with Crippen LogP contribution in [-0.2, 0) is 10.0 Å². The predicted octanol–water partition coefficient (Wildman–Crippen LogP) is 2.04. The number of hydrogen-bond acceptors (Lipinski definition) is 3. The van der Waals surface area contributed by atoms with Crippen LogP contribution in [0, 0.1) is 11.8 Å². The first-order valence-corrected chi connectivity index (χ1v) is 6.98. The number of anilines is 1. The molecule has 0 aliphatic heterocycles. The first kappa shape index (κ1) is 15.7. The van der Waals surface area contributed by atoms with Gasteiger partial charge in [-0.05, 0) is 18.2 Å². The highest BCUT2D eigenvalue weighted by Gasteiger charge is 2.24. The summed E-state index contributed by atoms with van der Waals surface area (Å²) in [5.74, 6) is 1.70. The summed E-state index contributed by atoms with van der Waals surface area (Å²) in [6.45, 7) is -0.106. The van der Waals surface area contributed by atoms with Crippen molar-refractivity contribution in [3.05, 3.63) is 28.8 Å². The molecule has 0 heterocycles. The molecule has 8 heteroatoms. The largest absolute Gasteiger partial charge is 0.395 e. The summed E-state index contributed by atoms with van der Waals surface area (Å²) in [4.78, 5) is 0. The van der Waals surface area contributed by atoms with Crippen molar-refractivity contribution in [3.63, 3.8) is 0 Å². The lowest BCUT2D eigenvalue weighted by atomic mass is 10.2. The monoisotopic (exact) mass is 309 g/mol. The van der Waals surface area contributed by atoms with Gasteiger partial charge in [-0.25, -0.2) is 8.42 Å². The van der Waals surface area contributed by atoms with Crippen LogP contribution in [0.1, 0.15) is 12.0 Å². The van der Waals surface area contributed by atoms with E-state index in [2.05, 4.69) is 11.8 Å². The smallest absolute Gasteiger partial charge is 0.355 e. The van der Waals surface area contributed by atoms with Gasteiger partial charge < -0.3 is 5.11 Å². The van der Waals surface area contributed by atoms with E-state index in [0.717, 1.165) is 0 Å². The average molecular weight is 310 g/mol. The molecule has 0 saturated carbocycles. The van der Waals surface area contributed by atoms with E-state index in [9.17, 15) is 17.2 Å².